The monoisotopic (exact) mass is 223 g/mol. The molecular weight excluding hydrogens is 210 g/mol. The van der Waals surface area contributed by atoms with Gasteiger partial charge < -0.3 is 4.90 Å². The predicted molar refractivity (Wildman–Crippen MR) is 62.3 cm³/mol. The number of carbonyl (C=O) groups excluding carboxylic acids is 1. The number of anilines is 1. The Hall–Kier alpha value is -1.02. The van der Waals surface area contributed by atoms with Gasteiger partial charge in [-0.3, -0.25) is 4.79 Å². The lowest BCUT2D eigenvalue weighted by Crippen LogP contribution is -2.32. The Kier molecular flexibility index (Phi) is 2.70. The second kappa shape index (κ2) is 3.86. The van der Waals surface area contributed by atoms with Crippen molar-refractivity contribution < 1.29 is 4.79 Å². The van der Waals surface area contributed by atoms with Crippen LogP contribution in [0.3, 0.4) is 0 Å². The third-order valence-corrected chi connectivity index (χ3v) is 2.93. The predicted octanol–water partition coefficient (Wildman–Crippen LogP) is 2.89. The van der Waals surface area contributed by atoms with E-state index in [2.05, 4.69) is 0 Å². The Balaban J connectivity index is 2.33. The molecule has 15 heavy (non-hydrogen) atoms. The van der Waals surface area contributed by atoms with Gasteiger partial charge in [0.15, 0.2) is 0 Å². The first kappa shape index (κ1) is 10.5. The highest BCUT2D eigenvalue weighted by molar-refractivity contribution is 6.30. The van der Waals surface area contributed by atoms with Crippen LogP contribution in [0.15, 0.2) is 18.2 Å². The van der Waals surface area contributed by atoms with E-state index in [1.54, 1.807) is 0 Å². The van der Waals surface area contributed by atoms with Gasteiger partial charge in [0, 0.05) is 23.2 Å². The molecule has 1 aromatic rings. The van der Waals surface area contributed by atoms with Crippen molar-refractivity contribution in [1.82, 2.24) is 0 Å². The van der Waals surface area contributed by atoms with E-state index < -0.39 is 0 Å². The molecule has 0 aromatic heterocycles. The van der Waals surface area contributed by atoms with Crippen LogP contribution in [0.5, 0.6) is 0 Å². The molecule has 0 N–H and O–H groups in total. The molecule has 80 valence electrons. The third kappa shape index (κ3) is 1.86. The van der Waals surface area contributed by atoms with E-state index in [9.17, 15) is 4.79 Å². The first-order chi connectivity index (χ1) is 7.09. The van der Waals surface area contributed by atoms with E-state index in [4.69, 9.17) is 11.6 Å². The van der Waals surface area contributed by atoms with Gasteiger partial charge in [-0.15, -0.1) is 0 Å². The van der Waals surface area contributed by atoms with Crippen molar-refractivity contribution >= 4 is 23.2 Å². The molecule has 0 saturated heterocycles. The van der Waals surface area contributed by atoms with Gasteiger partial charge in [-0.25, -0.2) is 0 Å². The summed E-state index contributed by atoms with van der Waals surface area (Å²) in [5, 5.41) is 0.743. The Morgan fingerprint density at radius 2 is 2.20 bits per heavy atom. The van der Waals surface area contributed by atoms with Crippen LogP contribution in [-0.2, 0) is 11.2 Å². The van der Waals surface area contributed by atoms with Crippen molar-refractivity contribution in [3.63, 3.8) is 0 Å². The summed E-state index contributed by atoms with van der Waals surface area (Å²) in [6, 6.07) is 5.72. The lowest BCUT2D eigenvalue weighted by molar-refractivity contribution is -0.121. The molecule has 2 nitrogen and oxygen atoms in total. The fourth-order valence-corrected chi connectivity index (χ4v) is 2.11. The van der Waals surface area contributed by atoms with Gasteiger partial charge in [-0.05, 0) is 30.2 Å². The van der Waals surface area contributed by atoms with E-state index in [1.165, 1.54) is 5.56 Å². The van der Waals surface area contributed by atoms with Crippen LogP contribution in [-0.4, -0.2) is 12.5 Å². The Bertz CT molecular complexity index is 401. The molecule has 0 fully saturated rings. The van der Waals surface area contributed by atoms with Crippen LogP contribution in [0.2, 0.25) is 5.02 Å². The van der Waals surface area contributed by atoms with Crippen molar-refractivity contribution in [2.75, 3.05) is 11.4 Å². The number of nitrogens with zero attached hydrogens (tertiary/aromatic N) is 1. The molecule has 0 radical (unpaired) electrons. The summed E-state index contributed by atoms with van der Waals surface area (Å²) < 4.78 is 0. The quantitative estimate of drug-likeness (QED) is 0.717. The van der Waals surface area contributed by atoms with Crippen molar-refractivity contribution in [3.8, 4) is 0 Å². The summed E-state index contributed by atoms with van der Waals surface area (Å²) in [5.74, 6) is 0.239. The second-order valence-electron chi connectivity index (χ2n) is 4.17. The molecule has 0 bridgehead atoms. The number of fused-ring (bicyclic) bond motifs is 1. The highest BCUT2D eigenvalue weighted by Crippen LogP contribution is 2.31. The lowest BCUT2D eigenvalue weighted by atomic mass is 10.1. The Morgan fingerprint density at radius 1 is 1.47 bits per heavy atom. The van der Waals surface area contributed by atoms with Crippen molar-refractivity contribution in [1.29, 1.82) is 0 Å². The van der Waals surface area contributed by atoms with Crippen LogP contribution in [0.4, 0.5) is 5.69 Å². The van der Waals surface area contributed by atoms with Crippen LogP contribution in [0.1, 0.15) is 19.4 Å². The number of hydrogen-bond donors (Lipinski definition) is 0. The van der Waals surface area contributed by atoms with Crippen molar-refractivity contribution in [2.45, 2.75) is 20.3 Å². The molecule has 1 aliphatic rings. The summed E-state index contributed by atoms with van der Waals surface area (Å²) in [5.41, 5.74) is 2.20. The summed E-state index contributed by atoms with van der Waals surface area (Å²) in [6.07, 6.45) is 0.911. The third-order valence-electron chi connectivity index (χ3n) is 2.70. The number of rotatable bonds is 1. The average molecular weight is 224 g/mol. The number of carbonyl (C=O) groups is 1. The van der Waals surface area contributed by atoms with Gasteiger partial charge in [-0.1, -0.05) is 25.4 Å². The first-order valence-corrected chi connectivity index (χ1v) is 5.57. The largest absolute Gasteiger partial charge is 0.312 e. The van der Waals surface area contributed by atoms with E-state index in [0.717, 1.165) is 23.7 Å². The van der Waals surface area contributed by atoms with Crippen LogP contribution >= 0.6 is 11.6 Å². The summed E-state index contributed by atoms with van der Waals surface area (Å²) >= 11 is 5.91. The molecule has 0 saturated carbocycles. The van der Waals surface area contributed by atoms with Gasteiger partial charge >= 0.3 is 0 Å². The van der Waals surface area contributed by atoms with Crippen LogP contribution < -0.4 is 4.90 Å². The van der Waals surface area contributed by atoms with E-state index in [-0.39, 0.29) is 11.8 Å². The highest BCUT2D eigenvalue weighted by Gasteiger charge is 2.25. The lowest BCUT2D eigenvalue weighted by Gasteiger charge is -2.19. The summed E-state index contributed by atoms with van der Waals surface area (Å²) in [6.45, 7) is 4.64. The molecule has 0 atom stereocenters. The smallest absolute Gasteiger partial charge is 0.229 e. The zero-order valence-corrected chi connectivity index (χ0v) is 9.71. The average Bonchev–Trinajstić information content (AvgIpc) is 2.59. The molecular formula is C12H14ClNO. The van der Waals surface area contributed by atoms with Gasteiger partial charge in [0.25, 0.3) is 0 Å². The molecule has 3 heteroatoms. The topological polar surface area (TPSA) is 20.3 Å². The minimum Gasteiger partial charge on any atom is -0.312 e. The number of amides is 1. The van der Waals surface area contributed by atoms with Gasteiger partial charge in [0.05, 0.1) is 0 Å². The molecule has 0 unspecified atom stereocenters. The Morgan fingerprint density at radius 3 is 2.87 bits per heavy atom. The highest BCUT2D eigenvalue weighted by atomic mass is 35.5. The number of halogens is 1. The fraction of sp³-hybridized carbons (Fsp3) is 0.417. The van der Waals surface area contributed by atoms with Crippen LogP contribution in [0, 0.1) is 5.92 Å². The maximum atomic E-state index is 11.9. The van der Waals surface area contributed by atoms with E-state index >= 15 is 0 Å². The van der Waals surface area contributed by atoms with Crippen molar-refractivity contribution in [2.24, 2.45) is 5.92 Å². The molecule has 1 aliphatic heterocycles. The Labute approximate surface area is 94.8 Å². The van der Waals surface area contributed by atoms with Gasteiger partial charge in [-0.2, -0.15) is 0 Å². The fourth-order valence-electron chi connectivity index (χ4n) is 1.91. The zero-order valence-electron chi connectivity index (χ0n) is 8.96. The minimum absolute atomic E-state index is 0.0478. The second-order valence-corrected chi connectivity index (χ2v) is 4.60. The van der Waals surface area contributed by atoms with Gasteiger partial charge in [0.2, 0.25) is 5.91 Å². The number of hydrogen-bond acceptors (Lipinski definition) is 1. The normalized spacial score (nSPS) is 14.5. The number of benzene rings is 1. The van der Waals surface area contributed by atoms with Crippen LogP contribution in [0.25, 0.3) is 0 Å². The molecule has 1 amide bonds. The SMILES string of the molecule is CC(C)C(=O)N1CCc2cc(Cl)ccc21. The summed E-state index contributed by atoms with van der Waals surface area (Å²) in [7, 11) is 0. The first-order valence-electron chi connectivity index (χ1n) is 5.19. The zero-order chi connectivity index (χ0) is 11.0. The van der Waals surface area contributed by atoms with Crippen molar-refractivity contribution in [3.05, 3.63) is 28.8 Å². The molecule has 1 heterocycles. The standard InChI is InChI=1S/C12H14ClNO/c1-8(2)12(15)14-6-5-9-7-10(13)3-4-11(9)14/h3-4,7-8H,5-6H2,1-2H3. The maximum Gasteiger partial charge on any atom is 0.229 e. The van der Waals surface area contributed by atoms with E-state index in [0.29, 0.717) is 0 Å². The molecule has 0 spiro atoms. The summed E-state index contributed by atoms with van der Waals surface area (Å²) in [4.78, 5) is 13.7. The molecule has 1 aromatic carbocycles. The van der Waals surface area contributed by atoms with E-state index in [1.807, 2.05) is 36.9 Å². The molecule has 0 aliphatic carbocycles. The van der Waals surface area contributed by atoms with Gasteiger partial charge in [0.1, 0.15) is 0 Å². The molecule has 2 rings (SSSR count). The minimum atomic E-state index is 0.0478. The maximum absolute atomic E-state index is 11.9.